The summed E-state index contributed by atoms with van der Waals surface area (Å²) in [6.45, 7) is 3.64. The van der Waals surface area contributed by atoms with E-state index in [1.807, 2.05) is 19.1 Å². The number of hydrazone groups is 1. The van der Waals surface area contributed by atoms with E-state index in [1.54, 1.807) is 99.0 Å². The smallest absolute Gasteiger partial charge is 0.273 e. The van der Waals surface area contributed by atoms with Crippen molar-refractivity contribution in [1.29, 1.82) is 0 Å². The summed E-state index contributed by atoms with van der Waals surface area (Å²) in [5.74, 6) is 0.166. The average molecular weight is 562 g/mol. The van der Waals surface area contributed by atoms with Crippen molar-refractivity contribution in [3.63, 3.8) is 0 Å². The minimum atomic E-state index is -4.04. The summed E-state index contributed by atoms with van der Waals surface area (Å²) in [5, 5.41) is 4.78. The fourth-order valence-corrected chi connectivity index (χ4v) is 5.47. The predicted octanol–water partition coefficient (Wildman–Crippen LogP) is 6.21. The van der Waals surface area contributed by atoms with Gasteiger partial charge in [-0.25, -0.2) is 13.8 Å². The predicted molar refractivity (Wildman–Crippen MR) is 155 cm³/mol. The standard InChI is InChI=1S/C30H28ClN3O4S/c1-21-8-18-27(19-9-21)39(36,37)34(20-23-10-14-25(31)15-11-23)29-7-5-4-6-28(29)30(35)33-32-22(2)24-12-16-26(38-3)17-13-24/h4-19H,20H2,1-3H3,(H,33,35)/b32-22+. The number of nitrogens with one attached hydrogen (secondary N) is 1. The van der Waals surface area contributed by atoms with Crippen LogP contribution in [0.4, 0.5) is 5.69 Å². The second-order valence-corrected chi connectivity index (χ2v) is 11.1. The number of hydrogen-bond acceptors (Lipinski definition) is 5. The molecule has 0 aliphatic heterocycles. The van der Waals surface area contributed by atoms with Crippen molar-refractivity contribution < 1.29 is 17.9 Å². The molecule has 0 spiro atoms. The van der Waals surface area contributed by atoms with Gasteiger partial charge in [-0.2, -0.15) is 5.10 Å². The number of benzene rings is 4. The lowest BCUT2D eigenvalue weighted by Gasteiger charge is -2.26. The van der Waals surface area contributed by atoms with Crippen LogP contribution in [-0.4, -0.2) is 27.1 Å². The zero-order chi connectivity index (χ0) is 28.0. The number of nitrogens with zero attached hydrogens (tertiary/aromatic N) is 2. The number of halogens is 1. The summed E-state index contributed by atoms with van der Waals surface area (Å²) in [7, 11) is -2.46. The Kier molecular flexibility index (Phi) is 8.69. The van der Waals surface area contributed by atoms with Crippen LogP contribution in [0.5, 0.6) is 5.75 Å². The molecule has 0 aromatic heterocycles. The van der Waals surface area contributed by atoms with Gasteiger partial charge in [-0.15, -0.1) is 0 Å². The van der Waals surface area contributed by atoms with Crippen molar-refractivity contribution in [2.75, 3.05) is 11.4 Å². The van der Waals surface area contributed by atoms with Gasteiger partial charge in [0.05, 0.1) is 35.5 Å². The molecule has 0 unspecified atom stereocenters. The van der Waals surface area contributed by atoms with Crippen LogP contribution in [0.1, 0.15) is 34.0 Å². The first-order valence-electron chi connectivity index (χ1n) is 12.1. The highest BCUT2D eigenvalue weighted by Gasteiger charge is 2.28. The molecule has 7 nitrogen and oxygen atoms in total. The van der Waals surface area contributed by atoms with Crippen LogP contribution >= 0.6 is 11.6 Å². The summed E-state index contributed by atoms with van der Waals surface area (Å²) in [6, 6.07) is 27.3. The molecule has 0 saturated heterocycles. The monoisotopic (exact) mass is 561 g/mol. The molecule has 1 N–H and O–H groups in total. The van der Waals surface area contributed by atoms with Gasteiger partial charge >= 0.3 is 0 Å². The second-order valence-electron chi connectivity index (χ2n) is 8.83. The van der Waals surface area contributed by atoms with Crippen LogP contribution in [0.3, 0.4) is 0 Å². The first kappa shape index (κ1) is 27.9. The van der Waals surface area contributed by atoms with Gasteiger partial charge < -0.3 is 4.74 Å². The third-order valence-electron chi connectivity index (χ3n) is 6.10. The van der Waals surface area contributed by atoms with E-state index >= 15 is 0 Å². The lowest BCUT2D eigenvalue weighted by Crippen LogP contribution is -2.33. The number of hydrogen-bond donors (Lipinski definition) is 1. The Hall–Kier alpha value is -4.14. The van der Waals surface area contributed by atoms with Gasteiger partial charge in [-0.3, -0.25) is 9.10 Å². The Morgan fingerprint density at radius 3 is 2.21 bits per heavy atom. The highest BCUT2D eigenvalue weighted by molar-refractivity contribution is 7.92. The molecule has 0 saturated carbocycles. The molecule has 4 rings (SSSR count). The maximum atomic E-state index is 13.9. The molecule has 200 valence electrons. The zero-order valence-electron chi connectivity index (χ0n) is 21.8. The van der Waals surface area contributed by atoms with Gasteiger partial charge in [0.25, 0.3) is 15.9 Å². The fourth-order valence-electron chi connectivity index (χ4n) is 3.87. The van der Waals surface area contributed by atoms with Crippen LogP contribution in [0.2, 0.25) is 5.02 Å². The van der Waals surface area contributed by atoms with Crippen molar-refractivity contribution in [2.45, 2.75) is 25.3 Å². The van der Waals surface area contributed by atoms with Crippen molar-refractivity contribution in [3.05, 3.63) is 124 Å². The minimum Gasteiger partial charge on any atom is -0.497 e. The van der Waals surface area contributed by atoms with Crippen molar-refractivity contribution in [3.8, 4) is 5.75 Å². The topological polar surface area (TPSA) is 88.1 Å². The third-order valence-corrected chi connectivity index (χ3v) is 8.12. The lowest BCUT2D eigenvalue weighted by molar-refractivity contribution is 0.0955. The van der Waals surface area contributed by atoms with Crippen LogP contribution in [-0.2, 0) is 16.6 Å². The molecule has 0 atom stereocenters. The molecule has 9 heteroatoms. The largest absolute Gasteiger partial charge is 0.497 e. The number of carbonyl (C=O) groups excluding carboxylic acids is 1. The molecular weight excluding hydrogens is 534 g/mol. The summed E-state index contributed by atoms with van der Waals surface area (Å²) < 4.78 is 34.3. The first-order chi connectivity index (χ1) is 18.7. The van der Waals surface area contributed by atoms with Crippen molar-refractivity contribution in [2.24, 2.45) is 5.10 Å². The van der Waals surface area contributed by atoms with Crippen LogP contribution in [0, 0.1) is 6.92 Å². The number of sulfonamides is 1. The van der Waals surface area contributed by atoms with Crippen molar-refractivity contribution >= 4 is 38.9 Å². The summed E-state index contributed by atoms with van der Waals surface area (Å²) >= 11 is 6.05. The number of carbonyl (C=O) groups is 1. The number of methoxy groups -OCH3 is 1. The van der Waals surface area contributed by atoms with E-state index in [0.29, 0.717) is 22.0 Å². The summed E-state index contributed by atoms with van der Waals surface area (Å²) in [6.07, 6.45) is 0. The summed E-state index contributed by atoms with van der Waals surface area (Å²) in [4.78, 5) is 13.5. The van der Waals surface area contributed by atoms with Crippen molar-refractivity contribution in [1.82, 2.24) is 5.43 Å². The lowest BCUT2D eigenvalue weighted by atomic mass is 10.1. The number of ether oxygens (including phenoxy) is 1. The van der Waals surface area contributed by atoms with Gasteiger partial charge in [0.2, 0.25) is 0 Å². The third kappa shape index (κ3) is 6.66. The van der Waals surface area contributed by atoms with Crippen LogP contribution in [0.25, 0.3) is 0 Å². The highest BCUT2D eigenvalue weighted by atomic mass is 35.5. The molecule has 0 fully saturated rings. The number of aryl methyl sites for hydroxylation is 1. The fraction of sp³-hybridized carbons (Fsp3) is 0.133. The maximum absolute atomic E-state index is 13.9. The van der Waals surface area contributed by atoms with Gasteiger partial charge in [0.15, 0.2) is 0 Å². The van der Waals surface area contributed by atoms with Crippen LogP contribution < -0.4 is 14.5 Å². The van der Waals surface area contributed by atoms with Gasteiger partial charge in [0, 0.05) is 5.02 Å². The maximum Gasteiger partial charge on any atom is 0.273 e. The van der Waals surface area contributed by atoms with Gasteiger partial charge in [0.1, 0.15) is 5.75 Å². The SMILES string of the molecule is COc1ccc(/C(C)=N/NC(=O)c2ccccc2N(Cc2ccc(Cl)cc2)S(=O)(=O)c2ccc(C)cc2)cc1. The zero-order valence-corrected chi connectivity index (χ0v) is 23.3. The second kappa shape index (κ2) is 12.1. The van der Waals surface area contributed by atoms with Crippen LogP contribution in [0.15, 0.2) is 107 Å². The molecule has 4 aromatic carbocycles. The van der Waals surface area contributed by atoms with Gasteiger partial charge in [-0.1, -0.05) is 53.6 Å². The molecule has 1 amide bonds. The van der Waals surface area contributed by atoms with E-state index < -0.39 is 15.9 Å². The Morgan fingerprint density at radius 1 is 0.923 bits per heavy atom. The van der Waals surface area contributed by atoms with E-state index in [4.69, 9.17) is 16.3 Å². The number of anilines is 1. The average Bonchev–Trinajstić information content (AvgIpc) is 2.95. The Bertz CT molecular complexity index is 1590. The number of para-hydroxylation sites is 1. The number of rotatable bonds is 9. The molecule has 0 aliphatic carbocycles. The Morgan fingerprint density at radius 2 is 1.56 bits per heavy atom. The van der Waals surface area contributed by atoms with E-state index in [0.717, 1.165) is 11.1 Å². The van der Waals surface area contributed by atoms with E-state index in [-0.39, 0.29) is 22.7 Å². The molecule has 0 aliphatic rings. The molecule has 0 bridgehead atoms. The first-order valence-corrected chi connectivity index (χ1v) is 13.9. The quantitative estimate of drug-likeness (QED) is 0.194. The molecule has 39 heavy (non-hydrogen) atoms. The normalized spacial score (nSPS) is 11.6. The molecule has 0 radical (unpaired) electrons. The highest BCUT2D eigenvalue weighted by Crippen LogP contribution is 2.30. The number of amides is 1. The summed E-state index contributed by atoms with van der Waals surface area (Å²) in [5.41, 5.74) is 5.98. The molecular formula is C30H28ClN3O4S. The Balaban J connectivity index is 1.71. The van der Waals surface area contributed by atoms with Gasteiger partial charge in [-0.05, 0) is 85.6 Å². The molecule has 4 aromatic rings. The minimum absolute atomic E-state index is 0.00812. The Labute approximate surface area is 233 Å². The molecule has 0 heterocycles. The van der Waals surface area contributed by atoms with E-state index in [9.17, 15) is 13.2 Å². The van der Waals surface area contributed by atoms with E-state index in [2.05, 4.69) is 10.5 Å². The van der Waals surface area contributed by atoms with E-state index in [1.165, 1.54) is 4.31 Å².